The molecule has 80 valence electrons. The van der Waals surface area contributed by atoms with Gasteiger partial charge in [-0.2, -0.15) is 0 Å². The Balaban J connectivity index is 2.19. The Labute approximate surface area is 90.7 Å². The minimum atomic E-state index is 0.0306. The molecular formula is C13H17NO. The van der Waals surface area contributed by atoms with Crippen molar-refractivity contribution < 1.29 is 4.79 Å². The van der Waals surface area contributed by atoms with E-state index in [-0.39, 0.29) is 11.9 Å². The molecule has 0 radical (unpaired) electrons. The lowest BCUT2D eigenvalue weighted by molar-refractivity contribution is -0.119. The topological polar surface area (TPSA) is 29.1 Å². The van der Waals surface area contributed by atoms with E-state index in [2.05, 4.69) is 23.5 Å². The van der Waals surface area contributed by atoms with E-state index in [9.17, 15) is 4.79 Å². The van der Waals surface area contributed by atoms with Gasteiger partial charge in [0.2, 0.25) is 5.91 Å². The molecule has 2 nitrogen and oxygen atoms in total. The molecule has 1 aromatic carbocycles. The quantitative estimate of drug-likeness (QED) is 0.785. The zero-order valence-corrected chi connectivity index (χ0v) is 9.34. The van der Waals surface area contributed by atoms with Crippen molar-refractivity contribution in [3.8, 4) is 0 Å². The van der Waals surface area contributed by atoms with E-state index in [0.717, 1.165) is 0 Å². The number of hydrogen-bond acceptors (Lipinski definition) is 1. The molecule has 2 heteroatoms. The number of hydrogen-bond donors (Lipinski definition) is 1. The number of rotatable bonds is 2. The number of carbonyl (C=O) groups excluding carboxylic acids is 1. The van der Waals surface area contributed by atoms with Crippen molar-refractivity contribution in [3.63, 3.8) is 0 Å². The molecular weight excluding hydrogens is 186 g/mol. The zero-order chi connectivity index (χ0) is 10.8. The second-order valence-electron chi connectivity index (χ2n) is 4.30. The first-order valence-electron chi connectivity index (χ1n) is 5.55. The highest BCUT2D eigenvalue weighted by Gasteiger charge is 2.13. The Morgan fingerprint density at radius 3 is 2.80 bits per heavy atom. The average Bonchev–Trinajstić information content (AvgIpc) is 2.62. The van der Waals surface area contributed by atoms with Crippen LogP contribution in [0.5, 0.6) is 0 Å². The minimum Gasteiger partial charge on any atom is -0.350 e. The van der Waals surface area contributed by atoms with Crippen LogP contribution in [0.2, 0.25) is 0 Å². The highest BCUT2D eigenvalue weighted by molar-refractivity contribution is 5.73. The maximum atomic E-state index is 11.0. The lowest BCUT2D eigenvalue weighted by Crippen LogP contribution is -2.23. The number of carbonyl (C=O) groups is 1. The van der Waals surface area contributed by atoms with Gasteiger partial charge in [0.1, 0.15) is 0 Å². The van der Waals surface area contributed by atoms with Crippen molar-refractivity contribution in [1.29, 1.82) is 0 Å². The van der Waals surface area contributed by atoms with Crippen LogP contribution in [0.4, 0.5) is 0 Å². The van der Waals surface area contributed by atoms with Gasteiger partial charge in [-0.3, -0.25) is 4.79 Å². The van der Waals surface area contributed by atoms with Gasteiger partial charge < -0.3 is 5.32 Å². The van der Waals surface area contributed by atoms with Gasteiger partial charge in [-0.25, -0.2) is 0 Å². The van der Waals surface area contributed by atoms with E-state index in [1.54, 1.807) is 6.92 Å². The number of amides is 1. The standard InChI is InChI=1S/C13H17NO/c1-9(14-10(2)15)12-7-6-11-4-3-5-13(11)8-12/h6-9H,3-5H2,1-2H3,(H,14,15)/t9-/m0/s1. The monoisotopic (exact) mass is 203 g/mol. The number of benzene rings is 1. The minimum absolute atomic E-state index is 0.0306. The smallest absolute Gasteiger partial charge is 0.217 e. The molecule has 1 aliphatic carbocycles. The fourth-order valence-electron chi connectivity index (χ4n) is 2.25. The summed E-state index contributed by atoms with van der Waals surface area (Å²) in [5, 5.41) is 2.91. The zero-order valence-electron chi connectivity index (χ0n) is 9.34. The molecule has 0 unspecified atom stereocenters. The summed E-state index contributed by atoms with van der Waals surface area (Å²) in [6.45, 7) is 3.59. The Morgan fingerprint density at radius 1 is 1.33 bits per heavy atom. The predicted molar refractivity (Wildman–Crippen MR) is 60.7 cm³/mol. The Kier molecular flexibility index (Phi) is 2.76. The van der Waals surface area contributed by atoms with Crippen molar-refractivity contribution in [2.24, 2.45) is 0 Å². The van der Waals surface area contributed by atoms with Crippen LogP contribution in [0.3, 0.4) is 0 Å². The van der Waals surface area contributed by atoms with E-state index in [1.165, 1.54) is 36.0 Å². The van der Waals surface area contributed by atoms with Crippen LogP contribution < -0.4 is 5.32 Å². The molecule has 15 heavy (non-hydrogen) atoms. The molecule has 0 aromatic heterocycles. The molecule has 0 saturated heterocycles. The molecule has 0 bridgehead atoms. The summed E-state index contributed by atoms with van der Waals surface area (Å²) in [6.07, 6.45) is 3.67. The highest BCUT2D eigenvalue weighted by Crippen LogP contribution is 2.25. The Morgan fingerprint density at radius 2 is 2.07 bits per heavy atom. The van der Waals surface area contributed by atoms with E-state index in [4.69, 9.17) is 0 Å². The van der Waals surface area contributed by atoms with E-state index in [1.807, 2.05) is 6.92 Å². The Hall–Kier alpha value is -1.31. The molecule has 0 aliphatic heterocycles. The Bertz CT molecular complexity index is 384. The number of fused-ring (bicyclic) bond motifs is 1. The van der Waals surface area contributed by atoms with Crippen LogP contribution in [0.1, 0.15) is 43.0 Å². The van der Waals surface area contributed by atoms with Crippen LogP contribution >= 0.6 is 0 Å². The lowest BCUT2D eigenvalue weighted by Gasteiger charge is -2.14. The lowest BCUT2D eigenvalue weighted by atomic mass is 10.0. The third-order valence-corrected chi connectivity index (χ3v) is 3.04. The second kappa shape index (κ2) is 4.05. The number of aryl methyl sites for hydroxylation is 2. The molecule has 1 N–H and O–H groups in total. The second-order valence-corrected chi connectivity index (χ2v) is 4.30. The van der Waals surface area contributed by atoms with Gasteiger partial charge in [0.05, 0.1) is 6.04 Å². The van der Waals surface area contributed by atoms with Crippen molar-refractivity contribution in [1.82, 2.24) is 5.32 Å². The van der Waals surface area contributed by atoms with E-state index in [0.29, 0.717) is 0 Å². The normalized spacial score (nSPS) is 15.9. The molecule has 0 heterocycles. The molecule has 0 saturated carbocycles. The molecule has 1 amide bonds. The average molecular weight is 203 g/mol. The molecule has 1 atom stereocenters. The van der Waals surface area contributed by atoms with Gasteiger partial charge in [-0.15, -0.1) is 0 Å². The summed E-state index contributed by atoms with van der Waals surface area (Å²) >= 11 is 0. The largest absolute Gasteiger partial charge is 0.350 e. The van der Waals surface area contributed by atoms with E-state index < -0.39 is 0 Å². The van der Waals surface area contributed by atoms with Crippen LogP contribution in [-0.2, 0) is 17.6 Å². The highest BCUT2D eigenvalue weighted by atomic mass is 16.1. The summed E-state index contributed by atoms with van der Waals surface area (Å²) in [5.41, 5.74) is 4.16. The molecule has 0 fully saturated rings. The first kappa shape index (κ1) is 10.2. The van der Waals surface area contributed by atoms with E-state index >= 15 is 0 Å². The first-order valence-corrected chi connectivity index (χ1v) is 5.55. The van der Waals surface area contributed by atoms with Crippen molar-refractivity contribution in [2.75, 3.05) is 0 Å². The molecule has 0 spiro atoms. The van der Waals surface area contributed by atoms with Gasteiger partial charge in [-0.1, -0.05) is 18.2 Å². The molecule has 2 rings (SSSR count). The van der Waals surface area contributed by atoms with Crippen molar-refractivity contribution in [3.05, 3.63) is 34.9 Å². The third-order valence-electron chi connectivity index (χ3n) is 3.04. The molecule has 1 aromatic rings. The van der Waals surface area contributed by atoms with Crippen molar-refractivity contribution in [2.45, 2.75) is 39.2 Å². The predicted octanol–water partition coefficient (Wildman–Crippen LogP) is 2.37. The van der Waals surface area contributed by atoms with Crippen LogP contribution in [0, 0.1) is 0 Å². The van der Waals surface area contributed by atoms with Gasteiger partial charge >= 0.3 is 0 Å². The summed E-state index contributed by atoms with van der Waals surface area (Å²) in [4.78, 5) is 11.0. The van der Waals surface area contributed by atoms with Gasteiger partial charge in [0.15, 0.2) is 0 Å². The summed E-state index contributed by atoms with van der Waals surface area (Å²) in [6, 6.07) is 6.69. The third kappa shape index (κ3) is 2.20. The fourth-order valence-corrected chi connectivity index (χ4v) is 2.25. The number of nitrogens with one attached hydrogen (secondary N) is 1. The summed E-state index contributed by atoms with van der Waals surface area (Å²) in [5.74, 6) is 0.0306. The maximum absolute atomic E-state index is 11.0. The summed E-state index contributed by atoms with van der Waals surface area (Å²) < 4.78 is 0. The SMILES string of the molecule is CC(=O)N[C@@H](C)c1ccc2c(c1)CCC2. The van der Waals surface area contributed by atoms with Crippen LogP contribution in [-0.4, -0.2) is 5.91 Å². The van der Waals surface area contributed by atoms with Crippen molar-refractivity contribution >= 4 is 5.91 Å². The first-order chi connectivity index (χ1) is 7.16. The molecule has 1 aliphatic rings. The van der Waals surface area contributed by atoms with Crippen LogP contribution in [0.25, 0.3) is 0 Å². The van der Waals surface area contributed by atoms with Crippen LogP contribution in [0.15, 0.2) is 18.2 Å². The van der Waals surface area contributed by atoms with Gasteiger partial charge in [-0.05, 0) is 42.9 Å². The maximum Gasteiger partial charge on any atom is 0.217 e. The van der Waals surface area contributed by atoms with Gasteiger partial charge in [0, 0.05) is 6.92 Å². The summed E-state index contributed by atoms with van der Waals surface area (Å²) in [7, 11) is 0. The fraction of sp³-hybridized carbons (Fsp3) is 0.462. The van der Waals surface area contributed by atoms with Gasteiger partial charge in [0.25, 0.3) is 0 Å².